The van der Waals surface area contributed by atoms with E-state index in [0.717, 1.165) is 13.0 Å². The topological polar surface area (TPSA) is 29.1 Å². The molecule has 0 amide bonds. The van der Waals surface area contributed by atoms with Gasteiger partial charge in [0, 0.05) is 0 Å². The third-order valence-electron chi connectivity index (χ3n) is 1.49. The molecule has 1 rings (SSSR count). The molecule has 1 N–H and O–H groups in total. The van der Waals surface area contributed by atoms with Crippen molar-refractivity contribution in [3.8, 4) is 0 Å². The molecule has 45 valence electrons. The lowest BCUT2D eigenvalue weighted by atomic mass is 10.1. The monoisotopic (exact) mass is 112 g/mol. The van der Waals surface area contributed by atoms with Crippen molar-refractivity contribution >= 4 is 6.29 Å². The molecule has 1 radical (unpaired) electrons. The highest BCUT2D eigenvalue weighted by molar-refractivity contribution is 5.58. The number of carbonyl (C=O) groups excluding carboxylic acids is 1. The van der Waals surface area contributed by atoms with Gasteiger partial charge in [0.05, 0.1) is 6.04 Å². The normalized spacial score (nSPS) is 37.6. The van der Waals surface area contributed by atoms with E-state index in [9.17, 15) is 4.79 Å². The SMILES string of the molecule is C[C@@H]1CN[C@H]([C]=O)C1. The number of rotatable bonds is 1. The maximum Gasteiger partial charge on any atom is 0.216 e. The van der Waals surface area contributed by atoms with Crippen molar-refractivity contribution in [2.75, 3.05) is 6.54 Å². The van der Waals surface area contributed by atoms with Gasteiger partial charge in [0.2, 0.25) is 6.29 Å². The van der Waals surface area contributed by atoms with Crippen molar-refractivity contribution in [1.29, 1.82) is 0 Å². The zero-order valence-corrected chi connectivity index (χ0v) is 4.98. The Bertz CT molecular complexity index is 92.5. The molecule has 2 atom stereocenters. The summed E-state index contributed by atoms with van der Waals surface area (Å²) < 4.78 is 0. The van der Waals surface area contributed by atoms with Crippen molar-refractivity contribution in [1.82, 2.24) is 5.32 Å². The molecular weight excluding hydrogens is 102 g/mol. The standard InChI is InChI=1S/C6H10NO/c1-5-2-6(4-8)7-3-5/h5-7H,2-3H2,1H3/t5-,6-/m0/s1. The number of hydrogen-bond donors (Lipinski definition) is 1. The van der Waals surface area contributed by atoms with Crippen molar-refractivity contribution in [3.05, 3.63) is 0 Å². The first-order valence-corrected chi connectivity index (χ1v) is 2.94. The summed E-state index contributed by atoms with van der Waals surface area (Å²) in [7, 11) is 0. The Hall–Kier alpha value is -0.370. The maximum absolute atomic E-state index is 9.97. The molecule has 0 unspecified atom stereocenters. The average Bonchev–Trinajstić information content (AvgIpc) is 2.14. The molecule has 8 heavy (non-hydrogen) atoms. The lowest BCUT2D eigenvalue weighted by Gasteiger charge is -1.93. The molecule has 0 aliphatic carbocycles. The molecule has 1 aliphatic heterocycles. The molecule has 2 heteroatoms. The fourth-order valence-electron chi connectivity index (χ4n) is 1.00. The second-order valence-electron chi connectivity index (χ2n) is 2.42. The van der Waals surface area contributed by atoms with Gasteiger partial charge >= 0.3 is 0 Å². The lowest BCUT2D eigenvalue weighted by Crippen LogP contribution is -2.21. The molecule has 0 spiro atoms. The van der Waals surface area contributed by atoms with E-state index in [-0.39, 0.29) is 6.04 Å². The van der Waals surface area contributed by atoms with E-state index in [4.69, 9.17) is 0 Å². The van der Waals surface area contributed by atoms with Gasteiger partial charge in [-0.1, -0.05) is 6.92 Å². The Morgan fingerprint density at radius 1 is 1.75 bits per heavy atom. The minimum atomic E-state index is 0.0185. The Labute approximate surface area is 49.3 Å². The highest BCUT2D eigenvalue weighted by Gasteiger charge is 2.19. The molecule has 1 heterocycles. The molecule has 0 aromatic heterocycles. The van der Waals surface area contributed by atoms with Gasteiger partial charge in [-0.3, -0.25) is 4.79 Å². The summed E-state index contributed by atoms with van der Waals surface area (Å²) in [4.78, 5) is 9.97. The molecule has 2 nitrogen and oxygen atoms in total. The molecular formula is C6H10NO. The predicted molar refractivity (Wildman–Crippen MR) is 31.3 cm³/mol. The summed E-state index contributed by atoms with van der Waals surface area (Å²) in [6.07, 6.45) is 2.90. The first-order chi connectivity index (χ1) is 3.83. The maximum atomic E-state index is 9.97. The third-order valence-corrected chi connectivity index (χ3v) is 1.49. The van der Waals surface area contributed by atoms with Crippen LogP contribution < -0.4 is 5.32 Å². The van der Waals surface area contributed by atoms with Crippen LogP contribution in [0, 0.1) is 5.92 Å². The summed E-state index contributed by atoms with van der Waals surface area (Å²) in [6, 6.07) is 0.0185. The minimum absolute atomic E-state index is 0.0185. The average molecular weight is 112 g/mol. The van der Waals surface area contributed by atoms with Crippen LogP contribution >= 0.6 is 0 Å². The summed E-state index contributed by atoms with van der Waals surface area (Å²) >= 11 is 0. The summed E-state index contributed by atoms with van der Waals surface area (Å²) in [5, 5.41) is 3.03. The second kappa shape index (κ2) is 2.27. The zero-order valence-electron chi connectivity index (χ0n) is 4.98. The van der Waals surface area contributed by atoms with E-state index >= 15 is 0 Å². The van der Waals surface area contributed by atoms with E-state index in [0.29, 0.717) is 5.92 Å². The molecule has 1 saturated heterocycles. The Morgan fingerprint density at radius 3 is 2.75 bits per heavy atom. The van der Waals surface area contributed by atoms with Gasteiger partial charge in [-0.2, -0.15) is 0 Å². The summed E-state index contributed by atoms with van der Waals surface area (Å²) in [5.74, 6) is 0.654. The fraction of sp³-hybridized carbons (Fsp3) is 0.833. The second-order valence-corrected chi connectivity index (χ2v) is 2.42. The van der Waals surface area contributed by atoms with Crippen LogP contribution in [0.2, 0.25) is 0 Å². The van der Waals surface area contributed by atoms with E-state index in [1.54, 1.807) is 0 Å². The van der Waals surface area contributed by atoms with E-state index in [2.05, 4.69) is 12.2 Å². The minimum Gasteiger partial charge on any atom is -0.307 e. The third kappa shape index (κ3) is 1.07. The lowest BCUT2D eigenvalue weighted by molar-refractivity contribution is 0.531. The van der Waals surface area contributed by atoms with Crippen LogP contribution in [0.3, 0.4) is 0 Å². The van der Waals surface area contributed by atoms with Crippen LogP contribution in [-0.4, -0.2) is 18.9 Å². The Balaban J connectivity index is 2.32. The Kier molecular flexibility index (Phi) is 1.63. The predicted octanol–water partition coefficient (Wildman–Crippen LogP) is 0.0941. The Morgan fingerprint density at radius 2 is 2.50 bits per heavy atom. The summed E-state index contributed by atoms with van der Waals surface area (Å²) in [5.41, 5.74) is 0. The van der Waals surface area contributed by atoms with Gasteiger partial charge < -0.3 is 5.32 Å². The van der Waals surface area contributed by atoms with Gasteiger partial charge in [-0.05, 0) is 18.9 Å². The molecule has 0 aromatic carbocycles. The molecule has 0 saturated carbocycles. The van der Waals surface area contributed by atoms with E-state index in [1.807, 2.05) is 6.29 Å². The van der Waals surface area contributed by atoms with Gasteiger partial charge in [-0.15, -0.1) is 0 Å². The van der Waals surface area contributed by atoms with Crippen molar-refractivity contribution in [2.24, 2.45) is 5.92 Å². The molecule has 1 aliphatic rings. The number of hydrogen-bond acceptors (Lipinski definition) is 2. The zero-order chi connectivity index (χ0) is 5.98. The molecule has 1 fully saturated rings. The van der Waals surface area contributed by atoms with Gasteiger partial charge in [0.1, 0.15) is 0 Å². The van der Waals surface area contributed by atoms with E-state index in [1.165, 1.54) is 0 Å². The van der Waals surface area contributed by atoms with Gasteiger partial charge in [0.25, 0.3) is 0 Å². The highest BCUT2D eigenvalue weighted by atomic mass is 16.1. The van der Waals surface area contributed by atoms with Gasteiger partial charge in [-0.25, -0.2) is 0 Å². The number of nitrogens with one attached hydrogen (secondary N) is 1. The van der Waals surface area contributed by atoms with Crippen molar-refractivity contribution < 1.29 is 4.79 Å². The van der Waals surface area contributed by atoms with Crippen LogP contribution in [0.25, 0.3) is 0 Å². The highest BCUT2D eigenvalue weighted by Crippen LogP contribution is 2.09. The fourth-order valence-corrected chi connectivity index (χ4v) is 1.00. The first kappa shape index (κ1) is 5.76. The van der Waals surface area contributed by atoms with E-state index < -0.39 is 0 Å². The van der Waals surface area contributed by atoms with Crippen LogP contribution in [0.5, 0.6) is 0 Å². The first-order valence-electron chi connectivity index (χ1n) is 2.94. The van der Waals surface area contributed by atoms with Crippen LogP contribution in [0.15, 0.2) is 0 Å². The summed E-state index contributed by atoms with van der Waals surface area (Å²) in [6.45, 7) is 3.10. The van der Waals surface area contributed by atoms with Crippen molar-refractivity contribution in [2.45, 2.75) is 19.4 Å². The smallest absolute Gasteiger partial charge is 0.216 e. The molecule has 0 aromatic rings. The molecule has 0 bridgehead atoms. The van der Waals surface area contributed by atoms with Crippen molar-refractivity contribution in [3.63, 3.8) is 0 Å². The van der Waals surface area contributed by atoms with Crippen LogP contribution in [-0.2, 0) is 4.79 Å². The quantitative estimate of drug-likeness (QED) is 0.521. The largest absolute Gasteiger partial charge is 0.307 e. The van der Waals surface area contributed by atoms with Crippen LogP contribution in [0.4, 0.5) is 0 Å². The van der Waals surface area contributed by atoms with Crippen LogP contribution in [0.1, 0.15) is 13.3 Å². The van der Waals surface area contributed by atoms with Gasteiger partial charge in [0.15, 0.2) is 0 Å².